The molecule has 1 aromatic rings. The van der Waals surface area contributed by atoms with E-state index in [1.165, 1.54) is 0 Å². The predicted octanol–water partition coefficient (Wildman–Crippen LogP) is 2.70. The first-order valence-corrected chi connectivity index (χ1v) is 6.79. The van der Waals surface area contributed by atoms with Gasteiger partial charge in [0, 0.05) is 17.6 Å². The summed E-state index contributed by atoms with van der Waals surface area (Å²) in [6.07, 6.45) is 0.851. The van der Waals surface area contributed by atoms with Gasteiger partial charge in [0.15, 0.2) is 0 Å². The summed E-state index contributed by atoms with van der Waals surface area (Å²) in [5.74, 6) is 1.83. The smallest absolute Gasteiger partial charge is 0.255 e. The zero-order valence-electron chi connectivity index (χ0n) is 12.9. The number of furan rings is 1. The van der Waals surface area contributed by atoms with Gasteiger partial charge >= 0.3 is 0 Å². The summed E-state index contributed by atoms with van der Waals surface area (Å²) in [4.78, 5) is 12.4. The van der Waals surface area contributed by atoms with Crippen LogP contribution < -0.4 is 11.1 Å². The Balaban J connectivity index is 2.95. The van der Waals surface area contributed by atoms with E-state index >= 15 is 0 Å². The Morgan fingerprint density at radius 1 is 1.32 bits per heavy atom. The van der Waals surface area contributed by atoms with E-state index in [1.54, 1.807) is 0 Å². The van der Waals surface area contributed by atoms with Crippen molar-refractivity contribution in [2.75, 3.05) is 6.54 Å². The van der Waals surface area contributed by atoms with Crippen molar-refractivity contribution in [2.24, 2.45) is 11.7 Å². The van der Waals surface area contributed by atoms with Crippen molar-refractivity contribution in [1.82, 2.24) is 5.32 Å². The summed E-state index contributed by atoms with van der Waals surface area (Å²) < 4.78 is 5.50. The molecule has 1 amide bonds. The number of aryl methyl sites for hydroxylation is 2. The second kappa shape index (κ2) is 5.78. The molecule has 3 N–H and O–H groups in total. The van der Waals surface area contributed by atoms with Gasteiger partial charge in [-0.2, -0.15) is 0 Å². The minimum Gasteiger partial charge on any atom is -0.466 e. The van der Waals surface area contributed by atoms with Crippen molar-refractivity contribution in [3.63, 3.8) is 0 Å². The lowest BCUT2D eigenvalue weighted by Crippen LogP contribution is -2.52. The largest absolute Gasteiger partial charge is 0.466 e. The lowest BCUT2D eigenvalue weighted by Gasteiger charge is -2.31. The Bertz CT molecular complexity index is 463. The number of hydrogen-bond donors (Lipinski definition) is 2. The Hall–Kier alpha value is -1.29. The molecule has 0 radical (unpaired) electrons. The van der Waals surface area contributed by atoms with Gasteiger partial charge in [0.05, 0.1) is 5.56 Å². The highest BCUT2D eigenvalue weighted by Gasteiger charge is 2.28. The lowest BCUT2D eigenvalue weighted by atomic mass is 9.90. The fraction of sp³-hybridized carbons (Fsp3) is 0.667. The molecule has 19 heavy (non-hydrogen) atoms. The third-order valence-electron chi connectivity index (χ3n) is 3.51. The van der Waals surface area contributed by atoms with Crippen molar-refractivity contribution < 1.29 is 9.21 Å². The minimum absolute atomic E-state index is 0.0968. The van der Waals surface area contributed by atoms with Crippen molar-refractivity contribution in [1.29, 1.82) is 0 Å². The Morgan fingerprint density at radius 2 is 1.89 bits per heavy atom. The standard InChI is InChI=1S/C15H26N2O2/c1-9(2)7-15(6,8-16)17-14(18)13-10(3)11(4)19-12(13)5/h9H,7-8,16H2,1-6H3,(H,17,18). The molecule has 1 aromatic heterocycles. The van der Waals surface area contributed by atoms with Gasteiger partial charge in [0.1, 0.15) is 11.5 Å². The Morgan fingerprint density at radius 3 is 2.26 bits per heavy atom. The fourth-order valence-corrected chi connectivity index (χ4v) is 2.55. The minimum atomic E-state index is -0.380. The molecule has 0 fully saturated rings. The highest BCUT2D eigenvalue weighted by Crippen LogP contribution is 2.22. The van der Waals surface area contributed by atoms with Crippen LogP contribution in [-0.4, -0.2) is 18.0 Å². The number of carbonyl (C=O) groups is 1. The summed E-state index contributed by atoms with van der Waals surface area (Å²) in [6.45, 7) is 12.3. The summed E-state index contributed by atoms with van der Waals surface area (Å²) in [6, 6.07) is 0. The molecule has 1 unspecified atom stereocenters. The van der Waals surface area contributed by atoms with Crippen molar-refractivity contribution in [3.8, 4) is 0 Å². The summed E-state index contributed by atoms with van der Waals surface area (Å²) >= 11 is 0. The van der Waals surface area contributed by atoms with Gasteiger partial charge in [0.2, 0.25) is 0 Å². The first kappa shape index (κ1) is 15.8. The number of carbonyl (C=O) groups excluding carboxylic acids is 1. The van der Waals surface area contributed by atoms with Crippen LogP contribution in [-0.2, 0) is 0 Å². The second-order valence-corrected chi connectivity index (χ2v) is 6.03. The Kier molecular flexibility index (Phi) is 4.80. The number of nitrogens with two attached hydrogens (primary N) is 1. The molecular weight excluding hydrogens is 240 g/mol. The molecule has 108 valence electrons. The molecule has 0 saturated heterocycles. The van der Waals surface area contributed by atoms with Crippen LogP contribution in [0.1, 0.15) is 54.6 Å². The van der Waals surface area contributed by atoms with E-state index in [0.717, 1.165) is 17.7 Å². The van der Waals surface area contributed by atoms with E-state index in [1.807, 2.05) is 27.7 Å². The van der Waals surface area contributed by atoms with Gasteiger partial charge in [-0.05, 0) is 40.0 Å². The van der Waals surface area contributed by atoms with E-state index < -0.39 is 0 Å². The number of nitrogens with one attached hydrogen (secondary N) is 1. The quantitative estimate of drug-likeness (QED) is 0.861. The molecule has 4 heteroatoms. The van der Waals surface area contributed by atoms with Crippen LogP contribution in [0.3, 0.4) is 0 Å². The molecule has 1 rings (SSSR count). The summed E-state index contributed by atoms with van der Waals surface area (Å²) in [7, 11) is 0. The van der Waals surface area contributed by atoms with Crippen LogP contribution in [0.4, 0.5) is 0 Å². The van der Waals surface area contributed by atoms with E-state index in [9.17, 15) is 4.79 Å². The van der Waals surface area contributed by atoms with Crippen molar-refractivity contribution in [2.45, 2.75) is 53.5 Å². The van der Waals surface area contributed by atoms with Crippen LogP contribution in [0.5, 0.6) is 0 Å². The average molecular weight is 266 g/mol. The van der Waals surface area contributed by atoms with Crippen LogP contribution in [0.15, 0.2) is 4.42 Å². The van der Waals surface area contributed by atoms with Gasteiger partial charge in [-0.15, -0.1) is 0 Å². The van der Waals surface area contributed by atoms with Gasteiger partial charge in [-0.25, -0.2) is 0 Å². The number of amides is 1. The molecular formula is C15H26N2O2. The molecule has 0 aliphatic heterocycles. The predicted molar refractivity (Wildman–Crippen MR) is 77.3 cm³/mol. The topological polar surface area (TPSA) is 68.3 Å². The number of rotatable bonds is 5. The average Bonchev–Trinajstić information content (AvgIpc) is 2.51. The zero-order valence-corrected chi connectivity index (χ0v) is 12.9. The maximum atomic E-state index is 12.4. The highest BCUT2D eigenvalue weighted by molar-refractivity contribution is 5.97. The van der Waals surface area contributed by atoms with Gasteiger partial charge in [-0.3, -0.25) is 4.79 Å². The maximum Gasteiger partial charge on any atom is 0.255 e. The third-order valence-corrected chi connectivity index (χ3v) is 3.51. The first-order valence-electron chi connectivity index (χ1n) is 6.79. The van der Waals surface area contributed by atoms with Crippen molar-refractivity contribution in [3.05, 3.63) is 22.6 Å². The van der Waals surface area contributed by atoms with Gasteiger partial charge < -0.3 is 15.5 Å². The molecule has 1 atom stereocenters. The highest BCUT2D eigenvalue weighted by atomic mass is 16.3. The van der Waals surface area contributed by atoms with Crippen LogP contribution in [0, 0.1) is 26.7 Å². The van der Waals surface area contributed by atoms with Crippen LogP contribution >= 0.6 is 0 Å². The molecule has 0 aliphatic rings. The summed E-state index contributed by atoms with van der Waals surface area (Å²) in [5.41, 5.74) is 6.99. The van der Waals surface area contributed by atoms with Crippen LogP contribution in [0.25, 0.3) is 0 Å². The molecule has 0 spiro atoms. The molecule has 4 nitrogen and oxygen atoms in total. The SMILES string of the molecule is Cc1oc(C)c(C(=O)NC(C)(CN)CC(C)C)c1C. The van der Waals surface area contributed by atoms with Gasteiger partial charge in [0.25, 0.3) is 5.91 Å². The summed E-state index contributed by atoms with van der Waals surface area (Å²) in [5, 5.41) is 3.06. The normalized spacial score (nSPS) is 14.5. The molecule has 0 saturated carbocycles. The molecule has 0 aromatic carbocycles. The second-order valence-electron chi connectivity index (χ2n) is 6.03. The monoisotopic (exact) mass is 266 g/mol. The lowest BCUT2D eigenvalue weighted by molar-refractivity contribution is 0.0896. The molecule has 1 heterocycles. The van der Waals surface area contributed by atoms with E-state index in [4.69, 9.17) is 10.2 Å². The van der Waals surface area contributed by atoms with Crippen molar-refractivity contribution >= 4 is 5.91 Å². The zero-order chi connectivity index (χ0) is 14.8. The fourth-order valence-electron chi connectivity index (χ4n) is 2.55. The molecule has 0 aliphatic carbocycles. The van der Waals surface area contributed by atoms with E-state index in [0.29, 0.717) is 23.8 Å². The Labute approximate surface area is 115 Å². The maximum absolute atomic E-state index is 12.4. The van der Waals surface area contributed by atoms with E-state index in [2.05, 4.69) is 19.2 Å². The number of hydrogen-bond acceptors (Lipinski definition) is 3. The van der Waals surface area contributed by atoms with Crippen LogP contribution in [0.2, 0.25) is 0 Å². The molecule has 0 bridgehead atoms. The van der Waals surface area contributed by atoms with Gasteiger partial charge in [-0.1, -0.05) is 13.8 Å². The van der Waals surface area contributed by atoms with E-state index in [-0.39, 0.29) is 11.4 Å². The first-order chi connectivity index (χ1) is 8.70. The third kappa shape index (κ3) is 3.60.